The lowest BCUT2D eigenvalue weighted by atomic mass is 10.2. The normalized spacial score (nSPS) is 21.7. The fourth-order valence-corrected chi connectivity index (χ4v) is 1.45. The zero-order valence-electron chi connectivity index (χ0n) is 7.96. The van der Waals surface area contributed by atoms with E-state index < -0.39 is 0 Å². The Balaban J connectivity index is 2.11. The Morgan fingerprint density at radius 3 is 3.27 bits per heavy atom. The molecule has 0 aromatic carbocycles. The van der Waals surface area contributed by atoms with Crippen molar-refractivity contribution in [3.05, 3.63) is 5.82 Å². The van der Waals surface area contributed by atoms with Crippen LogP contribution in [0.1, 0.15) is 10.6 Å². The number of hydrogen-bond donors (Lipinski definition) is 2. The minimum atomic E-state index is -0.342. The first-order chi connectivity index (χ1) is 7.33. The number of aliphatic hydroxyl groups is 1. The first kappa shape index (κ1) is 9.99. The summed E-state index contributed by atoms with van der Waals surface area (Å²) in [5.41, 5.74) is 0. The van der Waals surface area contributed by atoms with Crippen molar-refractivity contribution in [3.63, 3.8) is 0 Å². The van der Waals surface area contributed by atoms with Crippen LogP contribution in [0.3, 0.4) is 0 Å². The topological polar surface area (TPSA) is 104 Å². The summed E-state index contributed by atoms with van der Waals surface area (Å²) >= 11 is 0. The third-order valence-corrected chi connectivity index (χ3v) is 2.24. The molecule has 1 saturated heterocycles. The van der Waals surface area contributed by atoms with E-state index in [1.165, 1.54) is 4.90 Å². The highest BCUT2D eigenvalue weighted by molar-refractivity contribution is 5.90. The maximum atomic E-state index is 11.8. The van der Waals surface area contributed by atoms with E-state index in [2.05, 4.69) is 20.6 Å². The number of rotatable bonds is 2. The molecule has 0 saturated carbocycles. The van der Waals surface area contributed by atoms with Crippen molar-refractivity contribution in [1.29, 1.82) is 0 Å². The van der Waals surface area contributed by atoms with Crippen LogP contribution in [0, 0.1) is 0 Å². The summed E-state index contributed by atoms with van der Waals surface area (Å²) in [5, 5.41) is 21.8. The molecule has 1 unspecified atom stereocenters. The number of carbonyl (C=O) groups is 1. The maximum absolute atomic E-state index is 11.8. The van der Waals surface area contributed by atoms with E-state index >= 15 is 0 Å². The number of aromatic nitrogens is 4. The Morgan fingerprint density at radius 2 is 2.60 bits per heavy atom. The Kier molecular flexibility index (Phi) is 2.88. The summed E-state index contributed by atoms with van der Waals surface area (Å²) in [7, 11) is 0. The van der Waals surface area contributed by atoms with Crippen molar-refractivity contribution < 1.29 is 14.6 Å². The van der Waals surface area contributed by atoms with Crippen molar-refractivity contribution in [3.8, 4) is 0 Å². The van der Waals surface area contributed by atoms with Gasteiger partial charge in [-0.05, 0) is 5.21 Å². The highest BCUT2D eigenvalue weighted by atomic mass is 16.5. The van der Waals surface area contributed by atoms with Gasteiger partial charge in [0.1, 0.15) is 0 Å². The first-order valence-electron chi connectivity index (χ1n) is 4.56. The quantitative estimate of drug-likeness (QED) is 0.590. The van der Waals surface area contributed by atoms with E-state index in [9.17, 15) is 4.79 Å². The number of amides is 1. The van der Waals surface area contributed by atoms with E-state index in [4.69, 9.17) is 9.84 Å². The number of ether oxygens (including phenoxy) is 1. The van der Waals surface area contributed by atoms with Crippen LogP contribution >= 0.6 is 0 Å². The largest absolute Gasteiger partial charge is 0.394 e. The molecule has 2 heterocycles. The van der Waals surface area contributed by atoms with Crippen LogP contribution < -0.4 is 0 Å². The molecule has 82 valence electrons. The molecule has 1 amide bonds. The van der Waals surface area contributed by atoms with Gasteiger partial charge in [-0.2, -0.15) is 5.21 Å². The van der Waals surface area contributed by atoms with Gasteiger partial charge in [0.15, 0.2) is 0 Å². The van der Waals surface area contributed by atoms with Gasteiger partial charge in [-0.3, -0.25) is 4.79 Å². The van der Waals surface area contributed by atoms with Gasteiger partial charge in [-0.15, -0.1) is 10.2 Å². The van der Waals surface area contributed by atoms with Crippen LogP contribution in [0.2, 0.25) is 0 Å². The lowest BCUT2D eigenvalue weighted by Gasteiger charge is -2.33. The van der Waals surface area contributed by atoms with Crippen molar-refractivity contribution in [1.82, 2.24) is 25.5 Å². The third kappa shape index (κ3) is 1.95. The minimum absolute atomic E-state index is 0.00958. The van der Waals surface area contributed by atoms with E-state index in [1.807, 2.05) is 0 Å². The molecule has 1 aliphatic heterocycles. The van der Waals surface area contributed by atoms with Crippen LogP contribution in [-0.2, 0) is 4.74 Å². The number of H-pyrrole nitrogens is 1. The number of aliphatic hydroxyl groups excluding tert-OH is 1. The van der Waals surface area contributed by atoms with Crippen LogP contribution in [0.5, 0.6) is 0 Å². The van der Waals surface area contributed by atoms with Crippen LogP contribution in [-0.4, -0.2) is 68.9 Å². The van der Waals surface area contributed by atoms with Crippen LogP contribution in [0.15, 0.2) is 0 Å². The SMILES string of the molecule is O=C(c1nn[nH]n1)N1CCOCC1CO. The Bertz CT molecular complexity index is 327. The van der Waals surface area contributed by atoms with Gasteiger partial charge in [0.2, 0.25) is 0 Å². The number of carbonyl (C=O) groups excluding carboxylic acids is 1. The molecular weight excluding hydrogens is 202 g/mol. The summed E-state index contributed by atoms with van der Waals surface area (Å²) in [6.07, 6.45) is 0. The molecule has 0 bridgehead atoms. The fraction of sp³-hybridized carbons (Fsp3) is 0.714. The van der Waals surface area contributed by atoms with E-state index in [-0.39, 0.29) is 24.4 Å². The summed E-state index contributed by atoms with van der Waals surface area (Å²) < 4.78 is 5.15. The van der Waals surface area contributed by atoms with Crippen LogP contribution in [0.4, 0.5) is 0 Å². The van der Waals surface area contributed by atoms with Gasteiger partial charge in [-0.25, -0.2) is 0 Å². The van der Waals surface area contributed by atoms with Crippen molar-refractivity contribution in [2.75, 3.05) is 26.4 Å². The summed E-state index contributed by atoms with van der Waals surface area (Å²) in [6, 6.07) is -0.329. The zero-order chi connectivity index (χ0) is 10.7. The average molecular weight is 213 g/mol. The first-order valence-corrected chi connectivity index (χ1v) is 4.56. The standard InChI is InChI=1S/C7H11N5O3/c13-3-5-4-15-2-1-12(5)7(14)6-8-10-11-9-6/h5,13H,1-4H2,(H,8,9,10,11). The second-order valence-corrected chi connectivity index (χ2v) is 3.15. The number of aromatic amines is 1. The Hall–Kier alpha value is -1.54. The molecule has 1 aliphatic rings. The second kappa shape index (κ2) is 4.32. The monoisotopic (exact) mass is 213 g/mol. The predicted molar refractivity (Wildman–Crippen MR) is 46.9 cm³/mol. The van der Waals surface area contributed by atoms with Gasteiger partial charge in [0.25, 0.3) is 11.7 Å². The summed E-state index contributed by atoms with van der Waals surface area (Å²) in [5.74, 6) is -0.332. The molecule has 2 rings (SSSR count). The van der Waals surface area contributed by atoms with Crippen molar-refractivity contribution in [2.24, 2.45) is 0 Å². The lowest BCUT2D eigenvalue weighted by molar-refractivity contribution is -0.0189. The summed E-state index contributed by atoms with van der Waals surface area (Å²) in [4.78, 5) is 13.3. The van der Waals surface area contributed by atoms with E-state index in [0.29, 0.717) is 19.8 Å². The predicted octanol–water partition coefficient (Wildman–Crippen LogP) is -1.97. The number of nitrogens with zero attached hydrogens (tertiary/aromatic N) is 4. The van der Waals surface area contributed by atoms with Gasteiger partial charge in [-0.1, -0.05) is 0 Å². The highest BCUT2D eigenvalue weighted by Crippen LogP contribution is 2.09. The van der Waals surface area contributed by atoms with Crippen molar-refractivity contribution in [2.45, 2.75) is 6.04 Å². The maximum Gasteiger partial charge on any atom is 0.295 e. The molecule has 8 heteroatoms. The number of morpholine rings is 1. The average Bonchev–Trinajstić information content (AvgIpc) is 2.81. The molecule has 1 aromatic heterocycles. The minimum Gasteiger partial charge on any atom is -0.394 e. The molecule has 1 fully saturated rings. The third-order valence-electron chi connectivity index (χ3n) is 2.24. The van der Waals surface area contributed by atoms with Gasteiger partial charge >= 0.3 is 0 Å². The number of hydrogen-bond acceptors (Lipinski definition) is 6. The fourth-order valence-electron chi connectivity index (χ4n) is 1.45. The lowest BCUT2D eigenvalue weighted by Crippen LogP contribution is -2.50. The van der Waals surface area contributed by atoms with Gasteiger partial charge in [0, 0.05) is 6.54 Å². The Morgan fingerprint density at radius 1 is 1.73 bits per heavy atom. The number of nitrogens with one attached hydrogen (secondary N) is 1. The molecule has 0 radical (unpaired) electrons. The molecule has 15 heavy (non-hydrogen) atoms. The molecule has 1 atom stereocenters. The smallest absolute Gasteiger partial charge is 0.295 e. The van der Waals surface area contributed by atoms with E-state index in [1.54, 1.807) is 0 Å². The molecule has 0 aliphatic carbocycles. The van der Waals surface area contributed by atoms with Crippen molar-refractivity contribution >= 4 is 5.91 Å². The zero-order valence-corrected chi connectivity index (χ0v) is 7.96. The van der Waals surface area contributed by atoms with Crippen LogP contribution in [0.25, 0.3) is 0 Å². The highest BCUT2D eigenvalue weighted by Gasteiger charge is 2.29. The Labute approximate surface area is 85.2 Å². The number of tetrazole rings is 1. The van der Waals surface area contributed by atoms with E-state index in [0.717, 1.165) is 0 Å². The molecule has 2 N–H and O–H groups in total. The molecule has 0 spiro atoms. The summed E-state index contributed by atoms with van der Waals surface area (Å²) in [6.45, 7) is 1.09. The molecular formula is C7H11N5O3. The second-order valence-electron chi connectivity index (χ2n) is 3.15. The molecule has 8 nitrogen and oxygen atoms in total. The van der Waals surface area contributed by atoms with Gasteiger partial charge < -0.3 is 14.7 Å². The molecule has 1 aromatic rings. The van der Waals surface area contributed by atoms with Gasteiger partial charge in [0.05, 0.1) is 25.9 Å².